The van der Waals surface area contributed by atoms with E-state index in [1.807, 2.05) is 104 Å². The Labute approximate surface area is 777 Å². The van der Waals surface area contributed by atoms with Crippen LogP contribution in [0, 0.1) is 65.5 Å². The third-order valence-electron chi connectivity index (χ3n) is 16.9. The van der Waals surface area contributed by atoms with E-state index in [0.717, 1.165) is 84.5 Å². The van der Waals surface area contributed by atoms with E-state index in [4.69, 9.17) is 61.9 Å². The van der Waals surface area contributed by atoms with Crippen molar-refractivity contribution in [3.63, 3.8) is 0 Å². The average molecular weight is 1920 g/mol. The molecule has 780 valence electrons. The number of carbonyl (C=O) groups is 6. The number of carbonyl (C=O) groups excluding carboxylic acids is 4. The lowest BCUT2D eigenvalue weighted by molar-refractivity contribution is -0.286. The monoisotopic (exact) mass is 1920 g/mol. The normalized spacial score (nSPS) is 19.3. The number of carboxylic acid groups (broad SMARTS) is 2. The first-order valence-electron chi connectivity index (χ1n) is 43.6. The standard InChI is InChI=1S/C10H25N3.C10H18O6.C10H20O5.C8H20N2.C7H14O2.C6H15N.C6H14O3S.C6H14O.C6H12O.C5H11NO.C5H12O2S.C5H10O.C4H10O3S.C2H5NO2/c1-10(2,3)4-6-12-8-9-13-7-5-11;1-10(2,3)8(14)7-5(12)4(11)6(13)9(15)16-7;1-10(2,3)6-8(13)7(12)5(4-11)15-9(6)14;1-8(2,3)4-6-10-7-5-9;1-7(2,3)5-4-6(8)9;1-6(2,3)4-5-7;1-6(2,3)4-5-10(7,8)9;1-6(2,3)4-5-7;1-5(7)6(2,3)4;1-5(2,3)4(6)7;1-5(2,3)8(4,6)7;1-5(2,3)4-6;1-4(2,3)8(5,6)7;3-1-2(4)5/h12-13H,4-9,11H2,1-3H3;4-7,9,11-13,15H,1-3H3;5-9,11-14H,4H2,1-3H3;10H,4-7,9H2,1-3H3;4-5H2,1-3H3,(H,8,9);4-5,7H2,1-3H3;4-5H2,1-3H3,(H,7,8,9);7H,4-5H2,1-3H3;1-4H3;1-3H3,(H2,6,7);1-4H3;4H,1-3H3;1-3H3,(H,5,6,7);1,3H2,(H,4,5). The molecule has 35 nitrogen and oxygen atoms in total. The van der Waals surface area contributed by atoms with E-state index in [2.05, 4.69) is 105 Å². The summed E-state index contributed by atoms with van der Waals surface area (Å²) in [6, 6.07) is 0. The Bertz CT molecular complexity index is 3110. The van der Waals surface area contributed by atoms with E-state index in [-0.39, 0.29) is 62.9 Å². The number of aldehydes is 1. The molecule has 0 bridgehead atoms. The minimum Gasteiger partial charge on any atom is -0.481 e. The third kappa shape index (κ3) is 111. The average Bonchev–Trinajstić information content (AvgIpc) is 0.793. The molecule has 10 atom stereocenters. The third-order valence-corrected chi connectivity index (χ3v) is 21.4. The van der Waals surface area contributed by atoms with Crippen LogP contribution < -0.4 is 44.6 Å². The van der Waals surface area contributed by atoms with Gasteiger partial charge in [-0.15, -0.1) is 0 Å². The van der Waals surface area contributed by atoms with Gasteiger partial charge in [-0.25, -0.2) is 8.42 Å². The van der Waals surface area contributed by atoms with Crippen LogP contribution in [0.25, 0.3) is 0 Å². The van der Waals surface area contributed by atoms with Crippen molar-refractivity contribution in [3.05, 3.63) is 0 Å². The second-order valence-electron chi connectivity index (χ2n) is 45.8. The molecule has 2 aliphatic heterocycles. The number of ether oxygens (including phenoxy) is 2. The SMILES string of the molecule is CC(=O)C(C)(C)C.CC(C)(C)C(=O)C1OC(O)C(O)C(O)C1O.CC(C)(C)C(N)=O.CC(C)(C)C1C(O)OC(CO)C(O)C1O.CC(C)(C)C=O.CC(C)(C)CCC(=O)O.CC(C)(C)CCN.CC(C)(C)CCNCCN.CC(C)(C)CCNCCNCCN.CC(C)(C)CCO.CC(C)(C)CCS(=O)(=O)O.CC(C)(C)S(=O)(=O)O.CC(C)(C)S(C)(=O)=O.NCC(=O)O. The molecule has 0 aliphatic carbocycles. The van der Waals surface area contributed by atoms with Gasteiger partial charge in [-0.2, -0.15) is 16.8 Å². The second-order valence-corrected chi connectivity index (χ2v) is 52.3. The summed E-state index contributed by atoms with van der Waals surface area (Å²) in [6.07, 6.45) is -3.93. The Hall–Kier alpha value is -3.53. The smallest absolute Gasteiger partial charge is 0.317 e. The zero-order chi connectivity index (χ0) is 106. The van der Waals surface area contributed by atoms with E-state index >= 15 is 0 Å². The Morgan fingerprint density at radius 1 is 0.406 bits per heavy atom. The van der Waals surface area contributed by atoms with Gasteiger partial charge in [-0.3, -0.25) is 33.1 Å². The zero-order valence-corrected chi connectivity index (χ0v) is 90.1. The number of sulfone groups is 1. The van der Waals surface area contributed by atoms with Gasteiger partial charge in [0.15, 0.2) is 28.2 Å². The summed E-state index contributed by atoms with van der Waals surface area (Å²) in [5.41, 5.74) is 25.4. The fourth-order valence-electron chi connectivity index (χ4n) is 6.91. The van der Waals surface area contributed by atoms with Crippen LogP contribution in [0.3, 0.4) is 0 Å². The summed E-state index contributed by atoms with van der Waals surface area (Å²) in [5.74, 6) is -2.84. The van der Waals surface area contributed by atoms with Crippen LogP contribution >= 0.6 is 0 Å². The highest BCUT2D eigenvalue weighted by atomic mass is 32.2. The van der Waals surface area contributed by atoms with Crippen LogP contribution in [0.5, 0.6) is 0 Å². The van der Waals surface area contributed by atoms with E-state index in [1.165, 1.54) is 39.9 Å². The first-order valence-corrected chi connectivity index (χ1v) is 48.6. The highest BCUT2D eigenvalue weighted by Gasteiger charge is 2.50. The number of Topliss-reactive ketones (excluding diaryl/α,β-unsaturated/α-hetero) is 2. The predicted octanol–water partition coefficient (Wildman–Crippen LogP) is 8.92. The molecule has 0 aromatic rings. The molecular weight excluding hydrogens is 1720 g/mol. The van der Waals surface area contributed by atoms with Crippen LogP contribution in [-0.2, 0) is 68.3 Å². The molecular formula is C90H200N8O27S3. The lowest BCUT2D eigenvalue weighted by atomic mass is 9.73. The summed E-state index contributed by atoms with van der Waals surface area (Å²) in [5, 5.41) is 110. The van der Waals surface area contributed by atoms with Crippen molar-refractivity contribution in [2.75, 3.05) is 90.7 Å². The minimum atomic E-state index is -3.84. The van der Waals surface area contributed by atoms with Crippen molar-refractivity contribution in [1.82, 2.24) is 16.0 Å². The number of nitrogens with one attached hydrogen (secondary N) is 3. The van der Waals surface area contributed by atoms with E-state index in [0.29, 0.717) is 34.7 Å². The van der Waals surface area contributed by atoms with E-state index in [9.17, 15) is 89.8 Å². The molecule has 2 fully saturated rings. The Kier molecular flexibility index (Phi) is 81.2. The molecule has 2 aliphatic rings. The summed E-state index contributed by atoms with van der Waals surface area (Å²) in [7, 11) is -10.4. The number of aliphatic carboxylic acids is 2. The molecule has 0 aromatic carbocycles. The number of hydrogen-bond donors (Lipinski definition) is 21. The molecule has 10 unspecified atom stereocenters. The predicted molar refractivity (Wildman–Crippen MR) is 519 cm³/mol. The van der Waals surface area contributed by atoms with Crippen LogP contribution in [0.4, 0.5) is 0 Å². The number of primary amides is 1. The maximum Gasteiger partial charge on any atom is 0.317 e. The summed E-state index contributed by atoms with van der Waals surface area (Å²) >= 11 is 0. The first kappa shape index (κ1) is 150. The number of amides is 1. The Balaban J connectivity index is -0.000000115. The summed E-state index contributed by atoms with van der Waals surface area (Å²) < 4.78 is 87.1. The number of aliphatic hydroxyl groups excluding tert-OH is 9. The number of hydrogen-bond acceptors (Lipinski definition) is 30. The summed E-state index contributed by atoms with van der Waals surface area (Å²) in [4.78, 5) is 61.7. The molecule has 2 saturated heterocycles. The highest BCUT2D eigenvalue weighted by molar-refractivity contribution is 7.92. The van der Waals surface area contributed by atoms with Gasteiger partial charge >= 0.3 is 11.9 Å². The number of nitrogens with two attached hydrogens (primary N) is 5. The van der Waals surface area contributed by atoms with Gasteiger partial charge in [0.1, 0.15) is 48.7 Å². The zero-order valence-electron chi connectivity index (χ0n) is 87.6. The molecule has 0 spiro atoms. The van der Waals surface area contributed by atoms with Crippen LogP contribution in [0.2, 0.25) is 0 Å². The molecule has 2 heterocycles. The van der Waals surface area contributed by atoms with Crippen LogP contribution in [-0.4, -0.2) is 282 Å². The second kappa shape index (κ2) is 69.3. The summed E-state index contributed by atoms with van der Waals surface area (Å²) in [6.45, 7) is 84.5. The van der Waals surface area contributed by atoms with Crippen molar-refractivity contribution in [2.45, 2.75) is 387 Å². The van der Waals surface area contributed by atoms with Gasteiger partial charge in [0, 0.05) is 86.1 Å². The van der Waals surface area contributed by atoms with Crippen molar-refractivity contribution in [2.24, 2.45) is 94.2 Å². The Morgan fingerprint density at radius 2 is 0.711 bits per heavy atom. The molecule has 0 aromatic heterocycles. The molecule has 128 heavy (non-hydrogen) atoms. The lowest BCUT2D eigenvalue weighted by Gasteiger charge is -2.45. The fourth-order valence-corrected chi connectivity index (χ4v) is 7.78. The van der Waals surface area contributed by atoms with Crippen molar-refractivity contribution in [1.29, 1.82) is 0 Å². The fraction of sp³-hybridized carbons (Fsp3) is 0.933. The quantitative estimate of drug-likeness (QED) is 0.0307. The molecule has 0 radical (unpaired) electrons. The molecule has 38 heteroatoms. The van der Waals surface area contributed by atoms with Crippen LogP contribution in [0.15, 0.2) is 0 Å². The minimum absolute atomic E-state index is 0.0319. The van der Waals surface area contributed by atoms with Gasteiger partial charge < -0.3 is 115 Å². The number of carboxylic acids is 2. The topological polar surface area (TPSA) is 652 Å². The molecule has 26 N–H and O–H groups in total. The highest BCUT2D eigenvalue weighted by Crippen LogP contribution is 2.38. The molecule has 2 rings (SSSR count). The van der Waals surface area contributed by atoms with Gasteiger partial charge in [-0.05, 0) is 145 Å². The first-order chi connectivity index (χ1) is 56.0. The van der Waals surface area contributed by atoms with Crippen molar-refractivity contribution >= 4 is 65.8 Å². The lowest BCUT2D eigenvalue weighted by Crippen LogP contribution is -2.61. The van der Waals surface area contributed by atoms with Crippen molar-refractivity contribution in [3.8, 4) is 0 Å². The Morgan fingerprint density at radius 3 is 0.883 bits per heavy atom. The largest absolute Gasteiger partial charge is 0.481 e. The van der Waals surface area contributed by atoms with Gasteiger partial charge in [0.25, 0.3) is 20.2 Å². The number of ketones is 2. The van der Waals surface area contributed by atoms with Gasteiger partial charge in [0.2, 0.25) is 5.91 Å². The van der Waals surface area contributed by atoms with Crippen LogP contribution in [0.1, 0.15) is 322 Å². The number of aliphatic hydroxyl groups is 9. The molecule has 0 saturated carbocycles. The van der Waals surface area contributed by atoms with E-state index in [1.54, 1.807) is 69.2 Å². The van der Waals surface area contributed by atoms with Crippen molar-refractivity contribution < 1.29 is 129 Å². The van der Waals surface area contributed by atoms with Gasteiger partial charge in [0.05, 0.1) is 34.5 Å². The number of rotatable bonds is 20. The maximum absolute atomic E-state index is 11.8. The van der Waals surface area contributed by atoms with E-state index < -0.39 is 131 Å². The molecule has 1 amide bonds. The van der Waals surface area contributed by atoms with Gasteiger partial charge in [-0.1, -0.05) is 228 Å². The maximum atomic E-state index is 11.8.